The van der Waals surface area contributed by atoms with E-state index < -0.39 is 27.7 Å². The lowest BCUT2D eigenvalue weighted by Crippen LogP contribution is -2.37. The van der Waals surface area contributed by atoms with E-state index in [1.165, 1.54) is 17.7 Å². The first-order valence-corrected chi connectivity index (χ1v) is 13.5. The van der Waals surface area contributed by atoms with Crippen LogP contribution in [0, 0.1) is 13.8 Å². The van der Waals surface area contributed by atoms with Gasteiger partial charge in [0, 0.05) is 22.7 Å². The molecule has 0 saturated heterocycles. The van der Waals surface area contributed by atoms with E-state index in [1.807, 2.05) is 51.3 Å². The topological polar surface area (TPSA) is 90.7 Å². The van der Waals surface area contributed by atoms with E-state index in [2.05, 4.69) is 0 Å². The van der Waals surface area contributed by atoms with Gasteiger partial charge in [-0.15, -0.1) is 0 Å². The number of anilines is 1. The van der Waals surface area contributed by atoms with E-state index in [4.69, 9.17) is 26.1 Å². The van der Waals surface area contributed by atoms with Crippen molar-refractivity contribution in [1.29, 1.82) is 0 Å². The fourth-order valence-electron chi connectivity index (χ4n) is 4.73. The lowest BCUT2D eigenvalue weighted by molar-refractivity contribution is -0.164. The minimum atomic E-state index is -3.60. The average Bonchev–Trinajstić information content (AvgIpc) is 3.10. The normalized spacial score (nSPS) is 14.9. The fourth-order valence-corrected chi connectivity index (χ4v) is 5.83. The van der Waals surface area contributed by atoms with Crippen LogP contribution in [-0.4, -0.2) is 49.4 Å². The van der Waals surface area contributed by atoms with Crippen LogP contribution in [0.15, 0.2) is 24.3 Å². The van der Waals surface area contributed by atoms with Crippen molar-refractivity contribution in [2.24, 2.45) is 0 Å². The molecule has 1 unspecified atom stereocenters. The SMILES string of the molecule is COC(=O)C(OC(C)(C)C)c1c(C)c2c3c(nc(C)n3CCN2S(C)(=O)=O)c1-c1ccc(Cl)cc1. The first-order chi connectivity index (χ1) is 16.2. The molecule has 1 atom stereocenters. The van der Waals surface area contributed by atoms with E-state index >= 15 is 0 Å². The Morgan fingerprint density at radius 2 is 1.77 bits per heavy atom. The molecule has 4 rings (SSSR count). The summed E-state index contributed by atoms with van der Waals surface area (Å²) >= 11 is 6.17. The van der Waals surface area contributed by atoms with Gasteiger partial charge in [-0.3, -0.25) is 4.31 Å². The number of nitrogens with zero attached hydrogens (tertiary/aromatic N) is 3. The molecular weight excluding hydrogens is 490 g/mol. The monoisotopic (exact) mass is 519 g/mol. The van der Waals surface area contributed by atoms with Gasteiger partial charge in [-0.2, -0.15) is 0 Å². The van der Waals surface area contributed by atoms with Crippen LogP contribution in [0.4, 0.5) is 5.69 Å². The molecule has 1 aliphatic heterocycles. The van der Waals surface area contributed by atoms with Gasteiger partial charge in [0.15, 0.2) is 6.10 Å². The molecule has 0 spiro atoms. The minimum Gasteiger partial charge on any atom is -0.467 e. The van der Waals surface area contributed by atoms with Crippen molar-refractivity contribution in [2.45, 2.75) is 52.9 Å². The number of hydrogen-bond acceptors (Lipinski definition) is 6. The van der Waals surface area contributed by atoms with Crippen molar-refractivity contribution >= 4 is 44.3 Å². The van der Waals surface area contributed by atoms with Gasteiger partial charge in [0.2, 0.25) is 10.0 Å². The van der Waals surface area contributed by atoms with Crippen LogP contribution in [0.1, 0.15) is 43.8 Å². The number of rotatable bonds is 5. The van der Waals surface area contributed by atoms with Crippen LogP contribution >= 0.6 is 11.6 Å². The molecule has 2 aromatic carbocycles. The van der Waals surface area contributed by atoms with E-state index in [0.717, 1.165) is 11.4 Å². The van der Waals surface area contributed by atoms with Crippen molar-refractivity contribution in [2.75, 3.05) is 24.2 Å². The Hall–Kier alpha value is -2.62. The molecule has 0 aliphatic carbocycles. The summed E-state index contributed by atoms with van der Waals surface area (Å²) < 4.78 is 40.5. The second-order valence-electron chi connectivity index (χ2n) is 9.75. The van der Waals surface area contributed by atoms with Gasteiger partial charge in [0.05, 0.1) is 42.2 Å². The number of sulfonamides is 1. The molecule has 8 nitrogen and oxygen atoms in total. The quantitative estimate of drug-likeness (QED) is 0.450. The summed E-state index contributed by atoms with van der Waals surface area (Å²) in [5.41, 5.74) is 3.74. The highest BCUT2D eigenvalue weighted by Gasteiger charge is 2.38. The van der Waals surface area contributed by atoms with Crippen LogP contribution in [-0.2, 0) is 30.8 Å². The Balaban J connectivity index is 2.21. The largest absolute Gasteiger partial charge is 0.467 e. The number of aryl methyl sites for hydroxylation is 1. The van der Waals surface area contributed by atoms with E-state index in [-0.39, 0.29) is 6.54 Å². The molecule has 0 bridgehead atoms. The smallest absolute Gasteiger partial charge is 0.339 e. The third kappa shape index (κ3) is 4.52. The summed E-state index contributed by atoms with van der Waals surface area (Å²) in [7, 11) is -2.29. The molecular formula is C25H30ClN3O5S. The van der Waals surface area contributed by atoms with Crippen LogP contribution in [0.25, 0.3) is 22.2 Å². The summed E-state index contributed by atoms with van der Waals surface area (Å²) in [6.45, 7) is 10.0. The molecule has 0 radical (unpaired) electrons. The Bertz CT molecular complexity index is 1420. The molecule has 1 aromatic heterocycles. The maximum absolute atomic E-state index is 13.2. The number of benzene rings is 2. The van der Waals surface area contributed by atoms with Crippen molar-refractivity contribution in [3.63, 3.8) is 0 Å². The number of ether oxygens (including phenoxy) is 2. The summed E-state index contributed by atoms with van der Waals surface area (Å²) in [5.74, 6) is 0.176. The van der Waals surface area contributed by atoms with Crippen molar-refractivity contribution in [1.82, 2.24) is 9.55 Å². The number of esters is 1. The van der Waals surface area contributed by atoms with E-state index in [0.29, 0.717) is 45.0 Å². The maximum atomic E-state index is 13.2. The summed E-state index contributed by atoms with van der Waals surface area (Å²) in [6, 6.07) is 7.26. The first-order valence-electron chi connectivity index (χ1n) is 11.3. The Morgan fingerprint density at radius 1 is 1.14 bits per heavy atom. The molecule has 188 valence electrons. The third-order valence-corrected chi connectivity index (χ3v) is 7.52. The Kier molecular flexibility index (Phi) is 6.40. The number of aromatic nitrogens is 2. The van der Waals surface area contributed by atoms with Gasteiger partial charge >= 0.3 is 5.97 Å². The highest BCUT2D eigenvalue weighted by Crippen LogP contribution is 2.47. The third-order valence-electron chi connectivity index (χ3n) is 6.11. The first kappa shape index (κ1) is 25.5. The predicted octanol–water partition coefficient (Wildman–Crippen LogP) is 4.78. The number of carbonyl (C=O) groups is 1. The number of methoxy groups -OCH3 is 1. The molecule has 0 N–H and O–H groups in total. The highest BCUT2D eigenvalue weighted by atomic mass is 35.5. The Morgan fingerprint density at radius 3 is 2.31 bits per heavy atom. The molecule has 10 heteroatoms. The van der Waals surface area contributed by atoms with Gasteiger partial charge in [-0.05, 0) is 57.9 Å². The average molecular weight is 520 g/mol. The lowest BCUT2D eigenvalue weighted by atomic mass is 9.88. The number of halogens is 1. The van der Waals surface area contributed by atoms with Crippen LogP contribution in [0.2, 0.25) is 5.02 Å². The van der Waals surface area contributed by atoms with Gasteiger partial charge in [-0.1, -0.05) is 23.7 Å². The molecule has 2 heterocycles. The zero-order chi connectivity index (χ0) is 25.9. The molecule has 0 amide bonds. The summed E-state index contributed by atoms with van der Waals surface area (Å²) in [4.78, 5) is 18.0. The molecule has 0 saturated carbocycles. The molecule has 1 aliphatic rings. The Labute approximate surface area is 210 Å². The van der Waals surface area contributed by atoms with Crippen molar-refractivity contribution < 1.29 is 22.7 Å². The summed E-state index contributed by atoms with van der Waals surface area (Å²) in [5, 5.41) is 0.571. The lowest BCUT2D eigenvalue weighted by Gasteiger charge is -2.34. The fraction of sp³-hybridized carbons (Fsp3) is 0.440. The molecule has 0 fully saturated rings. The van der Waals surface area contributed by atoms with Gasteiger partial charge in [0.1, 0.15) is 5.82 Å². The van der Waals surface area contributed by atoms with Crippen LogP contribution in [0.5, 0.6) is 0 Å². The van der Waals surface area contributed by atoms with Crippen LogP contribution < -0.4 is 4.31 Å². The minimum absolute atomic E-state index is 0.266. The van der Waals surface area contributed by atoms with Crippen molar-refractivity contribution in [3.05, 3.63) is 46.2 Å². The standard InChI is InChI=1S/C25H30ClN3O5S/c1-14-18(23(24(30)33-6)34-25(3,4)5)19(16-8-10-17(26)11-9-16)20-22-21(14)29(35(7,31)32)13-12-28(22)15(2)27-20/h8-11,23H,12-13H2,1-7H3. The maximum Gasteiger partial charge on any atom is 0.339 e. The highest BCUT2D eigenvalue weighted by molar-refractivity contribution is 7.92. The number of carbonyl (C=O) groups excluding carboxylic acids is 1. The number of imidazole rings is 1. The molecule has 3 aromatic rings. The van der Waals surface area contributed by atoms with Crippen molar-refractivity contribution in [3.8, 4) is 11.1 Å². The van der Waals surface area contributed by atoms with Crippen LogP contribution in [0.3, 0.4) is 0 Å². The zero-order valence-electron chi connectivity index (χ0n) is 21.0. The summed E-state index contributed by atoms with van der Waals surface area (Å²) in [6.07, 6.45) is 0.0769. The van der Waals surface area contributed by atoms with Gasteiger partial charge in [-0.25, -0.2) is 18.2 Å². The number of hydrogen-bond donors (Lipinski definition) is 0. The van der Waals surface area contributed by atoms with Gasteiger partial charge < -0.3 is 14.0 Å². The second-order valence-corrected chi connectivity index (χ2v) is 12.1. The predicted molar refractivity (Wildman–Crippen MR) is 137 cm³/mol. The zero-order valence-corrected chi connectivity index (χ0v) is 22.5. The van der Waals surface area contributed by atoms with Gasteiger partial charge in [0.25, 0.3) is 0 Å². The molecule has 35 heavy (non-hydrogen) atoms. The second kappa shape index (κ2) is 8.80. The van der Waals surface area contributed by atoms with E-state index in [9.17, 15) is 13.2 Å². The van der Waals surface area contributed by atoms with E-state index in [1.54, 1.807) is 12.1 Å².